The zero-order valence-corrected chi connectivity index (χ0v) is 10.1. The molecule has 2 aliphatic heterocycles. The molecule has 0 radical (unpaired) electrons. The van der Waals surface area contributed by atoms with Crippen molar-refractivity contribution >= 4 is 11.8 Å². The Kier molecular flexibility index (Phi) is 3.35. The second kappa shape index (κ2) is 4.62. The highest BCUT2D eigenvalue weighted by atomic mass is 16.5. The zero-order valence-electron chi connectivity index (χ0n) is 10.1. The maximum absolute atomic E-state index is 11.8. The van der Waals surface area contributed by atoms with E-state index in [0.717, 1.165) is 13.1 Å². The van der Waals surface area contributed by atoms with Crippen LogP contribution in [0.2, 0.25) is 0 Å². The number of carbonyl (C=O) groups excluding carboxylic acids is 2. The predicted octanol–water partition coefficient (Wildman–Crippen LogP) is -1.30. The fourth-order valence-electron chi connectivity index (χ4n) is 2.13. The van der Waals surface area contributed by atoms with Crippen molar-refractivity contribution in [1.29, 1.82) is 0 Å². The van der Waals surface area contributed by atoms with Gasteiger partial charge in [-0.25, -0.2) is 0 Å². The molecule has 6 heteroatoms. The Morgan fingerprint density at radius 2 is 2.24 bits per heavy atom. The molecule has 6 nitrogen and oxygen atoms in total. The summed E-state index contributed by atoms with van der Waals surface area (Å²) in [5.74, 6) is -0.571. The number of primary amides is 1. The Labute approximate surface area is 100 Å². The molecule has 0 aromatic heterocycles. The SMILES string of the molecule is CC1(OCC(=O)N2CCC(C(N)=O)C2)CNC1. The highest BCUT2D eigenvalue weighted by Crippen LogP contribution is 2.18. The van der Waals surface area contributed by atoms with E-state index in [0.29, 0.717) is 19.5 Å². The summed E-state index contributed by atoms with van der Waals surface area (Å²) in [4.78, 5) is 24.5. The van der Waals surface area contributed by atoms with Gasteiger partial charge in [-0.2, -0.15) is 0 Å². The van der Waals surface area contributed by atoms with Crippen molar-refractivity contribution in [3.05, 3.63) is 0 Å². The molecule has 0 aromatic rings. The minimum atomic E-state index is -0.323. The highest BCUT2D eigenvalue weighted by molar-refractivity contribution is 5.81. The number of hydrogen-bond acceptors (Lipinski definition) is 4. The molecule has 0 aromatic carbocycles. The van der Waals surface area contributed by atoms with Crippen molar-refractivity contribution in [2.75, 3.05) is 32.8 Å². The Morgan fingerprint density at radius 1 is 1.53 bits per heavy atom. The van der Waals surface area contributed by atoms with Crippen molar-refractivity contribution in [1.82, 2.24) is 10.2 Å². The van der Waals surface area contributed by atoms with E-state index in [1.54, 1.807) is 4.90 Å². The third-order valence-corrected chi connectivity index (χ3v) is 3.49. The molecule has 0 saturated carbocycles. The van der Waals surface area contributed by atoms with E-state index in [9.17, 15) is 9.59 Å². The molecular formula is C11H19N3O3. The van der Waals surface area contributed by atoms with Gasteiger partial charge in [-0.3, -0.25) is 9.59 Å². The predicted molar refractivity (Wildman–Crippen MR) is 61.1 cm³/mol. The minimum Gasteiger partial charge on any atom is -0.369 e. The number of hydrogen-bond donors (Lipinski definition) is 2. The summed E-state index contributed by atoms with van der Waals surface area (Å²) in [6.45, 7) is 4.67. The molecular weight excluding hydrogens is 222 g/mol. The average molecular weight is 241 g/mol. The van der Waals surface area contributed by atoms with E-state index in [1.807, 2.05) is 6.92 Å². The number of nitrogens with zero attached hydrogens (tertiary/aromatic N) is 1. The highest BCUT2D eigenvalue weighted by Gasteiger charge is 2.35. The third kappa shape index (κ3) is 2.76. The first-order chi connectivity index (χ1) is 8.00. The molecule has 0 bridgehead atoms. The van der Waals surface area contributed by atoms with Gasteiger partial charge in [0.05, 0.1) is 11.5 Å². The van der Waals surface area contributed by atoms with Gasteiger partial charge in [-0.1, -0.05) is 0 Å². The molecule has 2 fully saturated rings. The summed E-state index contributed by atoms with van der Waals surface area (Å²) in [5.41, 5.74) is 5.01. The van der Waals surface area contributed by atoms with Gasteiger partial charge in [0.15, 0.2) is 0 Å². The van der Waals surface area contributed by atoms with E-state index >= 15 is 0 Å². The van der Waals surface area contributed by atoms with Gasteiger partial charge in [0.1, 0.15) is 6.61 Å². The topological polar surface area (TPSA) is 84.7 Å². The first-order valence-corrected chi connectivity index (χ1v) is 5.92. The summed E-state index contributed by atoms with van der Waals surface area (Å²) in [6, 6.07) is 0. The molecule has 1 atom stereocenters. The fraction of sp³-hybridized carbons (Fsp3) is 0.818. The number of nitrogens with one attached hydrogen (secondary N) is 1. The molecule has 2 amide bonds. The molecule has 2 heterocycles. The van der Waals surface area contributed by atoms with E-state index in [-0.39, 0.29) is 29.9 Å². The maximum atomic E-state index is 11.8. The number of nitrogens with two attached hydrogens (primary N) is 1. The molecule has 2 saturated heterocycles. The fourth-order valence-corrected chi connectivity index (χ4v) is 2.13. The van der Waals surface area contributed by atoms with Gasteiger partial charge in [0.2, 0.25) is 11.8 Å². The molecule has 0 aliphatic carbocycles. The van der Waals surface area contributed by atoms with Crippen LogP contribution in [0.1, 0.15) is 13.3 Å². The third-order valence-electron chi connectivity index (χ3n) is 3.49. The van der Waals surface area contributed by atoms with Crippen LogP contribution >= 0.6 is 0 Å². The average Bonchev–Trinajstić information content (AvgIpc) is 2.72. The van der Waals surface area contributed by atoms with Crippen LogP contribution in [0.5, 0.6) is 0 Å². The lowest BCUT2D eigenvalue weighted by molar-refractivity contribution is -0.145. The monoisotopic (exact) mass is 241 g/mol. The molecule has 17 heavy (non-hydrogen) atoms. The van der Waals surface area contributed by atoms with Gasteiger partial charge >= 0.3 is 0 Å². The molecule has 0 spiro atoms. The molecule has 2 rings (SSSR count). The van der Waals surface area contributed by atoms with Crippen LogP contribution in [-0.4, -0.2) is 55.1 Å². The molecule has 3 N–H and O–H groups in total. The van der Waals surface area contributed by atoms with E-state index in [2.05, 4.69) is 5.32 Å². The lowest BCUT2D eigenvalue weighted by atomic mass is 10.0. The Morgan fingerprint density at radius 3 is 2.71 bits per heavy atom. The lowest BCUT2D eigenvalue weighted by Gasteiger charge is -2.39. The summed E-state index contributed by atoms with van der Waals surface area (Å²) in [6.07, 6.45) is 0.667. The van der Waals surface area contributed by atoms with E-state index in [1.165, 1.54) is 0 Å². The lowest BCUT2D eigenvalue weighted by Crippen LogP contribution is -2.59. The van der Waals surface area contributed by atoms with Crippen molar-refractivity contribution in [2.24, 2.45) is 11.7 Å². The first-order valence-electron chi connectivity index (χ1n) is 5.92. The quantitative estimate of drug-likeness (QED) is 0.640. The van der Waals surface area contributed by atoms with Gasteiger partial charge in [0.25, 0.3) is 0 Å². The van der Waals surface area contributed by atoms with Crippen LogP contribution in [0.15, 0.2) is 0 Å². The Hall–Kier alpha value is -1.14. The van der Waals surface area contributed by atoms with Crippen LogP contribution in [0, 0.1) is 5.92 Å². The van der Waals surface area contributed by atoms with Crippen molar-refractivity contribution in [3.63, 3.8) is 0 Å². The van der Waals surface area contributed by atoms with E-state index < -0.39 is 0 Å². The van der Waals surface area contributed by atoms with Crippen LogP contribution < -0.4 is 11.1 Å². The van der Waals surface area contributed by atoms with Gasteiger partial charge in [-0.15, -0.1) is 0 Å². The smallest absolute Gasteiger partial charge is 0.248 e. The Bertz CT molecular complexity index is 328. The Balaban J connectivity index is 1.75. The number of carbonyl (C=O) groups is 2. The van der Waals surface area contributed by atoms with Crippen LogP contribution in [0.25, 0.3) is 0 Å². The largest absolute Gasteiger partial charge is 0.369 e. The normalized spacial score (nSPS) is 26.6. The summed E-state index contributed by atoms with van der Waals surface area (Å²) in [7, 11) is 0. The molecule has 1 unspecified atom stereocenters. The van der Waals surface area contributed by atoms with Gasteiger partial charge < -0.3 is 20.7 Å². The summed E-state index contributed by atoms with van der Waals surface area (Å²) in [5, 5.41) is 3.11. The van der Waals surface area contributed by atoms with Crippen LogP contribution in [-0.2, 0) is 14.3 Å². The summed E-state index contributed by atoms with van der Waals surface area (Å²) >= 11 is 0. The second-order valence-corrected chi connectivity index (χ2v) is 5.07. The van der Waals surface area contributed by atoms with E-state index in [4.69, 9.17) is 10.5 Å². The summed E-state index contributed by atoms with van der Waals surface area (Å²) < 4.78 is 5.57. The van der Waals surface area contributed by atoms with Crippen molar-refractivity contribution in [3.8, 4) is 0 Å². The van der Waals surface area contributed by atoms with Crippen molar-refractivity contribution in [2.45, 2.75) is 18.9 Å². The number of ether oxygens (including phenoxy) is 1. The zero-order chi connectivity index (χ0) is 12.5. The number of amides is 2. The maximum Gasteiger partial charge on any atom is 0.248 e. The minimum absolute atomic E-state index is 0.0538. The van der Waals surface area contributed by atoms with Gasteiger partial charge in [0, 0.05) is 26.2 Å². The first kappa shape index (κ1) is 12.3. The standard InChI is InChI=1S/C11H19N3O3/c1-11(6-13-7-11)17-5-9(15)14-3-2-8(4-14)10(12)16/h8,13H,2-7H2,1H3,(H2,12,16). The number of likely N-dealkylation sites (tertiary alicyclic amines) is 1. The van der Waals surface area contributed by atoms with Crippen LogP contribution in [0.3, 0.4) is 0 Å². The van der Waals surface area contributed by atoms with Crippen molar-refractivity contribution < 1.29 is 14.3 Å². The molecule has 2 aliphatic rings. The molecule has 96 valence electrons. The second-order valence-electron chi connectivity index (χ2n) is 5.07. The number of rotatable bonds is 4. The van der Waals surface area contributed by atoms with Crippen LogP contribution in [0.4, 0.5) is 0 Å². The van der Waals surface area contributed by atoms with Gasteiger partial charge in [-0.05, 0) is 13.3 Å².